The van der Waals surface area contributed by atoms with Crippen LogP contribution in [0.1, 0.15) is 5.56 Å². The molecule has 8 nitrogen and oxygen atoms in total. The number of carbonyl (C=O) groups is 2. The number of benzene rings is 1. The van der Waals surface area contributed by atoms with Crippen LogP contribution in [0.15, 0.2) is 30.3 Å². The van der Waals surface area contributed by atoms with Crippen molar-refractivity contribution in [2.75, 3.05) is 4.43 Å². The Balaban J connectivity index is 2.61. The van der Waals surface area contributed by atoms with Gasteiger partial charge in [0.05, 0.1) is 11.0 Å². The maximum Gasteiger partial charge on any atom is 0.438 e. The highest BCUT2D eigenvalue weighted by Crippen LogP contribution is 2.20. The summed E-state index contributed by atoms with van der Waals surface area (Å²) < 4.78 is 49.9. The fourth-order valence-corrected chi connectivity index (χ4v) is 1.98. The molecular formula is C11H12F2IN3O5S. The van der Waals surface area contributed by atoms with Gasteiger partial charge in [-0.25, -0.2) is 8.42 Å². The molecule has 0 fully saturated rings. The van der Waals surface area contributed by atoms with Crippen LogP contribution in [0.25, 0.3) is 0 Å². The lowest BCUT2D eigenvalue weighted by molar-refractivity contribution is -0.139. The third-order valence-electron chi connectivity index (χ3n) is 2.29. The molecule has 0 unspecified atom stereocenters. The normalized spacial score (nSPS) is 11.8. The fraction of sp³-hybridized carbons (Fsp3) is 0.273. The summed E-state index contributed by atoms with van der Waals surface area (Å²) >= 11 is 1.62. The van der Waals surface area contributed by atoms with Crippen LogP contribution in [-0.2, 0) is 31.1 Å². The SMILES string of the molecule is O=C(CI)NNC(=O)C(F)(F)S(=O)(=O)NOCc1ccccc1. The van der Waals surface area contributed by atoms with Crippen molar-refractivity contribution in [3.63, 3.8) is 0 Å². The Bertz CT molecular complexity index is 657. The minimum atomic E-state index is -5.45. The van der Waals surface area contributed by atoms with Gasteiger partial charge in [-0.05, 0) is 5.56 Å². The molecule has 0 radical (unpaired) electrons. The predicted molar refractivity (Wildman–Crippen MR) is 83.4 cm³/mol. The second kappa shape index (κ2) is 8.47. The van der Waals surface area contributed by atoms with E-state index in [1.54, 1.807) is 58.3 Å². The predicted octanol–water partition coefficient (Wildman–Crippen LogP) is 0.213. The third-order valence-corrected chi connectivity index (χ3v) is 4.18. The van der Waals surface area contributed by atoms with Crippen LogP contribution in [0.4, 0.5) is 8.78 Å². The molecule has 0 saturated heterocycles. The molecule has 0 saturated carbocycles. The van der Waals surface area contributed by atoms with E-state index in [-0.39, 0.29) is 11.0 Å². The van der Waals surface area contributed by atoms with Gasteiger partial charge >= 0.3 is 21.2 Å². The van der Waals surface area contributed by atoms with Gasteiger partial charge < -0.3 is 0 Å². The van der Waals surface area contributed by atoms with Crippen LogP contribution in [-0.4, -0.2) is 29.9 Å². The van der Waals surface area contributed by atoms with Crippen molar-refractivity contribution in [2.24, 2.45) is 0 Å². The maximum absolute atomic E-state index is 13.6. The Morgan fingerprint density at radius 3 is 2.35 bits per heavy atom. The van der Waals surface area contributed by atoms with Crippen molar-refractivity contribution < 1.29 is 31.6 Å². The van der Waals surface area contributed by atoms with Crippen molar-refractivity contribution in [2.45, 2.75) is 11.9 Å². The highest BCUT2D eigenvalue weighted by Gasteiger charge is 2.53. The molecule has 0 aliphatic rings. The number of carbonyl (C=O) groups excluding carboxylic acids is 2. The van der Waals surface area contributed by atoms with Crippen molar-refractivity contribution in [1.29, 1.82) is 0 Å². The van der Waals surface area contributed by atoms with Crippen molar-refractivity contribution >= 4 is 44.4 Å². The van der Waals surface area contributed by atoms with Crippen LogP contribution in [0.2, 0.25) is 0 Å². The van der Waals surface area contributed by atoms with E-state index in [0.717, 1.165) is 0 Å². The van der Waals surface area contributed by atoms with E-state index < -0.39 is 27.1 Å². The summed E-state index contributed by atoms with van der Waals surface area (Å²) in [5.41, 5.74) is 3.48. The van der Waals surface area contributed by atoms with E-state index in [9.17, 15) is 26.8 Å². The summed E-state index contributed by atoms with van der Waals surface area (Å²) in [4.78, 5) is 27.7. The summed E-state index contributed by atoms with van der Waals surface area (Å²) in [5, 5.41) is -4.84. The topological polar surface area (TPSA) is 114 Å². The van der Waals surface area contributed by atoms with E-state index >= 15 is 0 Å². The second-order valence-electron chi connectivity index (χ2n) is 4.01. The first-order chi connectivity index (χ1) is 10.7. The number of hydrazine groups is 1. The largest absolute Gasteiger partial charge is 0.438 e. The molecule has 2 amide bonds. The Morgan fingerprint density at radius 2 is 1.78 bits per heavy atom. The number of amides is 2. The van der Waals surface area contributed by atoms with Gasteiger partial charge in [0.15, 0.2) is 0 Å². The van der Waals surface area contributed by atoms with E-state index in [1.165, 1.54) is 10.3 Å². The lowest BCUT2D eigenvalue weighted by Gasteiger charge is -2.17. The first-order valence-electron chi connectivity index (χ1n) is 5.91. The molecule has 128 valence electrons. The first-order valence-corrected chi connectivity index (χ1v) is 8.91. The molecule has 1 aromatic rings. The van der Waals surface area contributed by atoms with E-state index in [2.05, 4.69) is 4.84 Å². The van der Waals surface area contributed by atoms with Gasteiger partial charge in [-0.3, -0.25) is 25.3 Å². The lowest BCUT2D eigenvalue weighted by atomic mass is 10.2. The van der Waals surface area contributed by atoms with E-state index in [1.807, 2.05) is 0 Å². The molecule has 1 aromatic carbocycles. The zero-order valence-electron chi connectivity index (χ0n) is 11.4. The number of rotatable bonds is 7. The minimum Gasteiger partial charge on any atom is -0.282 e. The highest BCUT2D eigenvalue weighted by molar-refractivity contribution is 14.1. The zero-order valence-corrected chi connectivity index (χ0v) is 14.4. The summed E-state index contributed by atoms with van der Waals surface area (Å²) in [6, 6.07) is 8.16. The summed E-state index contributed by atoms with van der Waals surface area (Å²) in [7, 11) is -5.45. The Labute approximate surface area is 144 Å². The third kappa shape index (κ3) is 5.63. The zero-order chi connectivity index (χ0) is 17.5. The molecule has 0 spiro atoms. The summed E-state index contributed by atoms with van der Waals surface area (Å²) in [6.45, 7) is -0.316. The van der Waals surface area contributed by atoms with Gasteiger partial charge in [0, 0.05) is 0 Å². The van der Waals surface area contributed by atoms with Crippen LogP contribution < -0.4 is 15.7 Å². The van der Waals surface area contributed by atoms with Crippen molar-refractivity contribution in [3.05, 3.63) is 35.9 Å². The molecule has 0 bridgehead atoms. The van der Waals surface area contributed by atoms with Gasteiger partial charge in [0.2, 0.25) is 5.91 Å². The Kier molecular flexibility index (Phi) is 7.24. The van der Waals surface area contributed by atoms with Crippen molar-refractivity contribution in [1.82, 2.24) is 15.7 Å². The molecule has 0 atom stereocenters. The molecule has 23 heavy (non-hydrogen) atoms. The number of sulfonamides is 1. The smallest absolute Gasteiger partial charge is 0.282 e. The molecule has 0 heterocycles. The molecule has 3 N–H and O–H groups in total. The number of nitrogens with one attached hydrogen (secondary N) is 3. The fourth-order valence-electron chi connectivity index (χ4n) is 1.17. The van der Waals surface area contributed by atoms with Crippen molar-refractivity contribution in [3.8, 4) is 0 Å². The average Bonchev–Trinajstić information content (AvgIpc) is 2.52. The average molecular weight is 463 g/mol. The first kappa shape index (κ1) is 19.7. The van der Waals surface area contributed by atoms with Gasteiger partial charge in [-0.1, -0.05) is 57.8 Å². The van der Waals surface area contributed by atoms with Gasteiger partial charge in [-0.2, -0.15) is 8.78 Å². The molecule has 0 aliphatic carbocycles. The highest BCUT2D eigenvalue weighted by atomic mass is 127. The van der Waals surface area contributed by atoms with Crippen LogP contribution in [0.3, 0.4) is 0 Å². The van der Waals surface area contributed by atoms with Gasteiger partial charge in [0.25, 0.3) is 0 Å². The number of halogens is 3. The second-order valence-corrected chi connectivity index (χ2v) is 6.46. The van der Waals surface area contributed by atoms with Gasteiger partial charge in [-0.15, -0.1) is 0 Å². The Morgan fingerprint density at radius 1 is 1.17 bits per heavy atom. The quantitative estimate of drug-likeness (QED) is 0.304. The number of alkyl halides is 3. The standard InChI is InChI=1S/C11H12F2IN3O5S/c12-11(13,10(19)16-15-9(18)6-14)23(20,21)17-22-7-8-4-2-1-3-5-8/h1-5,17H,6-7H2,(H,15,18)(H,16,19). The van der Waals surface area contributed by atoms with E-state index in [0.29, 0.717) is 5.56 Å². The number of hydrogen-bond acceptors (Lipinski definition) is 5. The van der Waals surface area contributed by atoms with Crippen LogP contribution >= 0.6 is 22.6 Å². The molecule has 12 heteroatoms. The number of hydrogen-bond donors (Lipinski definition) is 3. The molecule has 1 rings (SSSR count). The van der Waals surface area contributed by atoms with E-state index in [4.69, 9.17) is 0 Å². The van der Waals surface area contributed by atoms with Crippen LogP contribution in [0.5, 0.6) is 0 Å². The van der Waals surface area contributed by atoms with Gasteiger partial charge in [0.1, 0.15) is 0 Å². The summed E-state index contributed by atoms with van der Waals surface area (Å²) in [5.74, 6) is -2.99. The Hall–Kier alpha value is -1.38. The summed E-state index contributed by atoms with van der Waals surface area (Å²) in [6.07, 6.45) is 0. The molecule has 0 aliphatic heterocycles. The lowest BCUT2D eigenvalue weighted by Crippen LogP contribution is -2.55. The molecular weight excluding hydrogens is 451 g/mol. The van der Waals surface area contributed by atoms with Crippen LogP contribution in [0, 0.1) is 0 Å². The minimum absolute atomic E-state index is 0.116. The monoisotopic (exact) mass is 463 g/mol. The maximum atomic E-state index is 13.6. The molecule has 0 aromatic heterocycles.